The van der Waals surface area contributed by atoms with Crippen LogP contribution in [0.1, 0.15) is 0 Å². The van der Waals surface area contributed by atoms with E-state index in [4.69, 9.17) is 0 Å². The Bertz CT molecular complexity index is 519. The van der Waals surface area contributed by atoms with Crippen LogP contribution in [0.15, 0.2) is 36.4 Å². The van der Waals surface area contributed by atoms with Crippen LogP contribution in [-0.2, 0) is 0 Å². The molecule has 0 aliphatic rings. The molecule has 0 aliphatic heterocycles. The van der Waals surface area contributed by atoms with Crippen LogP contribution >= 0.6 is 0 Å². The second-order valence-corrected chi connectivity index (χ2v) is 36.0. The van der Waals surface area contributed by atoms with E-state index in [2.05, 4.69) is 66.0 Å². The third-order valence-electron chi connectivity index (χ3n) is 3.50. The van der Waals surface area contributed by atoms with E-state index in [1.807, 2.05) is 0 Å². The van der Waals surface area contributed by atoms with Gasteiger partial charge in [-0.05, 0) is 0 Å². The molecule has 0 bridgehead atoms. The first-order chi connectivity index (χ1) is 8.19. The minimum atomic E-state index is -2.02. The average Bonchev–Trinajstić information content (AvgIpc) is 2.25. The Balaban J connectivity index is 2.81. The summed E-state index contributed by atoms with van der Waals surface area (Å²) < 4.78 is 3.54. The van der Waals surface area contributed by atoms with Gasteiger partial charge in [-0.25, -0.2) is 0 Å². The Morgan fingerprint density at radius 2 is 0.944 bits per heavy atom. The Kier molecular flexibility index (Phi) is 4.09. The number of benzene rings is 2. The fourth-order valence-corrected chi connectivity index (χ4v) is 25.2. The molecule has 0 nitrogen and oxygen atoms in total. The molecule has 2 rings (SSSR count). The summed E-state index contributed by atoms with van der Waals surface area (Å²) in [5.74, 6) is 0. The minimum absolute atomic E-state index is 1.43. The molecule has 2 aromatic rings. The van der Waals surface area contributed by atoms with Crippen molar-refractivity contribution in [3.63, 3.8) is 0 Å². The fraction of sp³-hybridized carbons (Fsp3) is 0.375. The van der Waals surface area contributed by atoms with E-state index < -0.39 is 36.8 Å². The summed E-state index contributed by atoms with van der Waals surface area (Å²) in [5.41, 5.74) is 0. The van der Waals surface area contributed by atoms with Gasteiger partial charge in [0.1, 0.15) is 0 Å². The van der Waals surface area contributed by atoms with Crippen molar-refractivity contribution in [2.45, 2.75) is 29.6 Å². The van der Waals surface area contributed by atoms with E-state index >= 15 is 0 Å². The van der Waals surface area contributed by atoms with Gasteiger partial charge in [-0.3, -0.25) is 0 Å². The zero-order valence-corrected chi connectivity index (χ0v) is 18.2. The molecule has 0 saturated heterocycles. The van der Waals surface area contributed by atoms with Gasteiger partial charge in [0.05, 0.1) is 0 Å². The van der Waals surface area contributed by atoms with E-state index in [1.165, 1.54) is 10.8 Å². The van der Waals surface area contributed by atoms with E-state index in [-0.39, 0.29) is 0 Å². The molecule has 2 heteroatoms. The van der Waals surface area contributed by atoms with Gasteiger partial charge >= 0.3 is 121 Å². The topological polar surface area (TPSA) is 0 Å². The molecule has 0 spiro atoms. The van der Waals surface area contributed by atoms with Gasteiger partial charge in [0.25, 0.3) is 0 Å². The molecular weight excluding hydrogens is 430 g/mol. The first kappa shape index (κ1) is 14.7. The molecule has 0 fully saturated rings. The number of fused-ring (bicyclic) bond motifs is 1. The molecule has 0 atom stereocenters. The van der Waals surface area contributed by atoms with Crippen LogP contribution in [-0.4, -0.2) is 36.8 Å². The molecule has 2 aromatic carbocycles. The molecule has 0 saturated carbocycles. The van der Waals surface area contributed by atoms with Gasteiger partial charge in [0.15, 0.2) is 0 Å². The van der Waals surface area contributed by atoms with Crippen molar-refractivity contribution in [2.24, 2.45) is 0 Å². The summed E-state index contributed by atoms with van der Waals surface area (Å²) >= 11 is -4.03. The van der Waals surface area contributed by atoms with Crippen LogP contribution in [0.4, 0.5) is 0 Å². The second-order valence-electron chi connectivity index (χ2n) is 7.24. The molecule has 0 heterocycles. The summed E-state index contributed by atoms with van der Waals surface area (Å²) in [5, 5.41) is 2.86. The fourth-order valence-electron chi connectivity index (χ4n) is 2.48. The second kappa shape index (κ2) is 5.01. The van der Waals surface area contributed by atoms with E-state index in [0.717, 1.165) is 0 Å². The summed E-state index contributed by atoms with van der Waals surface area (Å²) in [7, 11) is 0. The molecule has 0 aromatic heterocycles. The third kappa shape index (κ3) is 3.06. The Hall–Kier alpha value is 0.297. The van der Waals surface area contributed by atoms with Gasteiger partial charge in [-0.15, -0.1) is 0 Å². The van der Waals surface area contributed by atoms with Crippen molar-refractivity contribution in [3.8, 4) is 0 Å². The van der Waals surface area contributed by atoms with Gasteiger partial charge in [-0.2, -0.15) is 0 Å². The zero-order valence-electron chi connectivity index (χ0n) is 12.5. The van der Waals surface area contributed by atoms with Crippen LogP contribution in [0, 0.1) is 0 Å². The molecule has 0 radical (unpaired) electrons. The Labute approximate surface area is 120 Å². The first-order valence-electron chi connectivity index (χ1n) is 6.73. The number of hydrogen-bond donors (Lipinski definition) is 0. The third-order valence-corrected chi connectivity index (χ3v) is 17.1. The molecular formula is C16H24Sn2. The van der Waals surface area contributed by atoms with Gasteiger partial charge < -0.3 is 0 Å². The zero-order chi connectivity index (χ0) is 13.6. The van der Waals surface area contributed by atoms with Crippen LogP contribution in [0.25, 0.3) is 10.8 Å². The number of rotatable bonds is 2. The van der Waals surface area contributed by atoms with Crippen molar-refractivity contribution < 1.29 is 0 Å². The van der Waals surface area contributed by atoms with Gasteiger partial charge in [-0.1, -0.05) is 0 Å². The van der Waals surface area contributed by atoms with Crippen LogP contribution in [0.3, 0.4) is 0 Å². The number of hydrogen-bond acceptors (Lipinski definition) is 0. The molecule has 0 amide bonds. The van der Waals surface area contributed by atoms with Crippen molar-refractivity contribution in [1.29, 1.82) is 0 Å². The summed E-state index contributed by atoms with van der Waals surface area (Å²) in [6.07, 6.45) is 0. The van der Waals surface area contributed by atoms with E-state index in [1.54, 1.807) is 7.16 Å². The normalized spacial score (nSPS) is 13.0. The van der Waals surface area contributed by atoms with Crippen LogP contribution in [0.5, 0.6) is 0 Å². The Morgan fingerprint density at radius 3 is 1.22 bits per heavy atom. The monoisotopic (exact) mass is 456 g/mol. The maximum atomic E-state index is 2.54. The van der Waals surface area contributed by atoms with E-state index in [9.17, 15) is 0 Å². The first-order valence-corrected chi connectivity index (χ1v) is 26.7. The molecule has 96 valence electrons. The quantitative estimate of drug-likeness (QED) is 0.605. The van der Waals surface area contributed by atoms with Crippen LogP contribution < -0.4 is 7.16 Å². The molecule has 0 N–H and O–H groups in total. The van der Waals surface area contributed by atoms with Crippen LogP contribution in [0.2, 0.25) is 29.6 Å². The summed E-state index contributed by atoms with van der Waals surface area (Å²) in [6, 6.07) is 13.9. The summed E-state index contributed by atoms with van der Waals surface area (Å²) in [4.78, 5) is 15.2. The predicted molar refractivity (Wildman–Crippen MR) is 89.9 cm³/mol. The van der Waals surface area contributed by atoms with E-state index in [0.29, 0.717) is 0 Å². The molecule has 18 heavy (non-hydrogen) atoms. The van der Waals surface area contributed by atoms with Crippen molar-refractivity contribution >= 4 is 54.7 Å². The predicted octanol–water partition coefficient (Wildman–Crippen LogP) is 3.93. The standard InChI is InChI=1S/C10H6.6CH3.2Sn/c1-2-6-10-8-4-3-7-9(10)5-1;;;;;;;;/h1-2,5-8H;6*1H3;;. The van der Waals surface area contributed by atoms with Crippen molar-refractivity contribution in [2.75, 3.05) is 0 Å². The average molecular weight is 454 g/mol. The SMILES string of the molecule is [CH3][Sn]([CH3])([CH3])[c]1cc2ccccc2c[c]1[Sn]([CH3])([CH3])[CH3]. The maximum absolute atomic E-state index is 2.54. The Morgan fingerprint density at radius 1 is 0.611 bits per heavy atom. The summed E-state index contributed by atoms with van der Waals surface area (Å²) in [6.45, 7) is 0. The molecule has 0 unspecified atom stereocenters. The van der Waals surface area contributed by atoms with Crippen molar-refractivity contribution in [3.05, 3.63) is 36.4 Å². The van der Waals surface area contributed by atoms with Crippen molar-refractivity contribution in [1.82, 2.24) is 0 Å². The van der Waals surface area contributed by atoms with Gasteiger partial charge in [0.2, 0.25) is 0 Å². The molecule has 0 aliphatic carbocycles. The van der Waals surface area contributed by atoms with Gasteiger partial charge in [0, 0.05) is 0 Å².